The number of ether oxygens (including phenoxy) is 5. The topological polar surface area (TPSA) is 185 Å². The summed E-state index contributed by atoms with van der Waals surface area (Å²) in [5.74, 6) is 0.862. The van der Waals surface area contributed by atoms with E-state index in [4.69, 9.17) is 23.7 Å². The summed E-state index contributed by atoms with van der Waals surface area (Å²) in [6, 6.07) is 0. The van der Waals surface area contributed by atoms with Gasteiger partial charge in [0.2, 0.25) is 0 Å². The number of cyclic esters (lactones) is 1. The van der Waals surface area contributed by atoms with Gasteiger partial charge in [-0.15, -0.1) is 0 Å². The Bertz CT molecular complexity index is 1230. The molecule has 18 atom stereocenters. The van der Waals surface area contributed by atoms with Gasteiger partial charge in [0.1, 0.15) is 43.2 Å². The molecule has 9 unspecified atom stereocenters. The Labute approximate surface area is 276 Å². The minimum atomic E-state index is -1.58. The maximum absolute atomic E-state index is 12.5. The predicted octanol–water partition coefficient (Wildman–Crippen LogP) is 1.31. The maximum Gasteiger partial charge on any atom is 0.331 e. The monoisotopic (exact) mass is 666 g/mol. The zero-order valence-corrected chi connectivity index (χ0v) is 27.9. The lowest BCUT2D eigenvalue weighted by Crippen LogP contribution is -2.64. The normalized spacial score (nSPS) is 56.3. The highest BCUT2D eigenvalue weighted by Gasteiger charge is 2.68. The molecule has 12 nitrogen and oxygen atoms in total. The second-order valence-electron chi connectivity index (χ2n) is 16.3. The van der Waals surface area contributed by atoms with Crippen LogP contribution in [0.5, 0.6) is 0 Å². The number of aliphatic hydroxyl groups is 6. The number of esters is 1. The molecule has 7 aliphatic rings. The van der Waals surface area contributed by atoms with E-state index in [0.717, 1.165) is 63.4 Å². The van der Waals surface area contributed by atoms with Gasteiger partial charge >= 0.3 is 5.97 Å². The molecule has 12 heteroatoms. The van der Waals surface area contributed by atoms with Gasteiger partial charge < -0.3 is 54.3 Å². The number of carbonyl (C=O) groups is 1. The smallest absolute Gasteiger partial charge is 0.331 e. The van der Waals surface area contributed by atoms with E-state index in [2.05, 4.69) is 13.8 Å². The molecule has 7 rings (SSSR count). The van der Waals surface area contributed by atoms with Crippen LogP contribution in [-0.2, 0) is 28.5 Å². The van der Waals surface area contributed by atoms with Gasteiger partial charge in [-0.25, -0.2) is 4.79 Å². The minimum Gasteiger partial charge on any atom is -0.458 e. The molecule has 0 radical (unpaired) electrons. The molecule has 4 saturated carbocycles. The minimum absolute atomic E-state index is 0.0430. The van der Waals surface area contributed by atoms with Crippen LogP contribution in [0.2, 0.25) is 0 Å². The third-order valence-corrected chi connectivity index (χ3v) is 14.1. The Balaban J connectivity index is 1.01. The van der Waals surface area contributed by atoms with Gasteiger partial charge in [-0.05, 0) is 106 Å². The average Bonchev–Trinajstić information content (AvgIpc) is 3.58. The summed E-state index contributed by atoms with van der Waals surface area (Å²) in [6.07, 6.45) is -2.82. The molecule has 3 heterocycles. The second kappa shape index (κ2) is 12.2. The molecule has 6 fully saturated rings. The number of hydrogen-bond acceptors (Lipinski definition) is 12. The fourth-order valence-electron chi connectivity index (χ4n) is 11.2. The molecule has 3 aliphatic heterocycles. The van der Waals surface area contributed by atoms with Crippen LogP contribution in [0.3, 0.4) is 0 Å². The third kappa shape index (κ3) is 5.36. The summed E-state index contributed by atoms with van der Waals surface area (Å²) < 4.78 is 29.0. The quantitative estimate of drug-likeness (QED) is 0.183. The first-order valence-corrected chi connectivity index (χ1v) is 17.8. The van der Waals surface area contributed by atoms with Crippen LogP contribution in [0.15, 0.2) is 11.6 Å². The van der Waals surface area contributed by atoms with E-state index in [9.17, 15) is 35.4 Å². The number of fused-ring (bicyclic) bond motifs is 5. The van der Waals surface area contributed by atoms with Gasteiger partial charge in [0, 0.05) is 11.5 Å². The summed E-state index contributed by atoms with van der Waals surface area (Å²) in [5, 5.41) is 65.4. The molecular weight excluding hydrogens is 612 g/mol. The molecule has 6 N–H and O–H groups in total. The Morgan fingerprint density at radius 1 is 0.766 bits per heavy atom. The molecule has 0 aromatic carbocycles. The predicted molar refractivity (Wildman–Crippen MR) is 164 cm³/mol. The van der Waals surface area contributed by atoms with Crippen molar-refractivity contribution in [1.82, 2.24) is 0 Å². The Morgan fingerprint density at radius 3 is 2.17 bits per heavy atom. The van der Waals surface area contributed by atoms with Gasteiger partial charge in [0.15, 0.2) is 12.6 Å². The van der Waals surface area contributed by atoms with Crippen molar-refractivity contribution in [2.75, 3.05) is 6.61 Å². The molecule has 0 bridgehead atoms. The van der Waals surface area contributed by atoms with Crippen LogP contribution in [0.4, 0.5) is 0 Å². The van der Waals surface area contributed by atoms with E-state index in [1.807, 2.05) is 0 Å². The highest BCUT2D eigenvalue weighted by molar-refractivity contribution is 5.85. The number of rotatable bonds is 5. The Kier molecular flexibility index (Phi) is 8.93. The van der Waals surface area contributed by atoms with E-state index in [0.29, 0.717) is 18.4 Å². The standard InChI is InChI=1S/C35H54O12/c1-16-25(37)27(39)28(40)31(44-16)47-30-26(38)17(2)45-32(29(30)41)46-20-7-10-33(3)19(14-20)5-6-23-22(33)8-11-34(4)21(9-12-35(23,34)42)18-13-24(36)43-15-18/h13,16-17,19-23,25-32,37-42H,5-12,14-15H2,1-4H3/t16-,17?,19+,20-,21+,22?,23?,25+,26-,27?,28?,29-,30-,31?,32?,33?,34?,35-/m0/s1. The molecular formula is C35H54O12. The summed E-state index contributed by atoms with van der Waals surface area (Å²) >= 11 is 0. The second-order valence-corrected chi connectivity index (χ2v) is 16.3. The fraction of sp³-hybridized carbons (Fsp3) is 0.914. The largest absolute Gasteiger partial charge is 0.458 e. The average molecular weight is 667 g/mol. The van der Waals surface area contributed by atoms with Crippen LogP contribution < -0.4 is 0 Å². The first kappa shape index (κ1) is 34.3. The summed E-state index contributed by atoms with van der Waals surface area (Å²) in [6.45, 7) is 8.17. The van der Waals surface area contributed by atoms with E-state index in [1.165, 1.54) is 6.92 Å². The molecule has 0 spiro atoms. The summed E-state index contributed by atoms with van der Waals surface area (Å²) in [4.78, 5) is 11.9. The van der Waals surface area contributed by atoms with Crippen molar-refractivity contribution in [3.63, 3.8) is 0 Å². The van der Waals surface area contributed by atoms with E-state index >= 15 is 0 Å². The van der Waals surface area contributed by atoms with Crippen molar-refractivity contribution in [2.45, 2.75) is 159 Å². The fourth-order valence-corrected chi connectivity index (χ4v) is 11.2. The van der Waals surface area contributed by atoms with Crippen molar-refractivity contribution in [2.24, 2.45) is 34.5 Å². The van der Waals surface area contributed by atoms with Crippen LogP contribution in [0.25, 0.3) is 0 Å². The van der Waals surface area contributed by atoms with Crippen LogP contribution in [0.1, 0.15) is 85.5 Å². The van der Waals surface area contributed by atoms with Gasteiger partial charge in [-0.1, -0.05) is 13.8 Å². The van der Waals surface area contributed by atoms with Gasteiger partial charge in [0.05, 0.1) is 23.9 Å². The molecule has 0 aromatic heterocycles. The van der Waals surface area contributed by atoms with Crippen molar-refractivity contribution in [3.8, 4) is 0 Å². The highest BCUT2D eigenvalue weighted by atomic mass is 16.7. The first-order chi connectivity index (χ1) is 22.2. The molecule has 0 aromatic rings. The first-order valence-electron chi connectivity index (χ1n) is 17.8. The van der Waals surface area contributed by atoms with Gasteiger partial charge in [-0.3, -0.25) is 0 Å². The SMILES string of the molecule is CC1OC(O[C@H]2CCC3(C)C4CCC5(C)[C@@H](C6=CC(=O)OC6)CC[C@]5(O)C4CC[C@@H]3C2)[C@@H](O)[C@@H](OC2O[C@@H](C)[C@@H](O)C(O)C2O)[C@H]1O. The summed E-state index contributed by atoms with van der Waals surface area (Å²) in [5.41, 5.74) is 0.0310. The third-order valence-electron chi connectivity index (χ3n) is 14.1. The van der Waals surface area contributed by atoms with Gasteiger partial charge in [0.25, 0.3) is 0 Å². The highest BCUT2D eigenvalue weighted by Crippen LogP contribution is 2.70. The van der Waals surface area contributed by atoms with E-state index < -0.39 is 67.0 Å². The Hall–Kier alpha value is -1.19. The Morgan fingerprint density at radius 2 is 1.47 bits per heavy atom. The number of aliphatic hydroxyl groups excluding tert-OH is 5. The molecule has 2 saturated heterocycles. The van der Waals surface area contributed by atoms with E-state index in [1.54, 1.807) is 13.0 Å². The molecule has 4 aliphatic carbocycles. The zero-order chi connectivity index (χ0) is 33.6. The van der Waals surface area contributed by atoms with Crippen LogP contribution >= 0.6 is 0 Å². The lowest BCUT2D eigenvalue weighted by molar-refractivity contribution is -0.359. The van der Waals surface area contributed by atoms with Crippen molar-refractivity contribution in [1.29, 1.82) is 0 Å². The van der Waals surface area contributed by atoms with Crippen molar-refractivity contribution >= 4 is 5.97 Å². The lowest BCUT2D eigenvalue weighted by atomic mass is 9.43. The molecule has 0 amide bonds. The van der Waals surface area contributed by atoms with Crippen LogP contribution in [0, 0.1) is 34.5 Å². The van der Waals surface area contributed by atoms with Crippen molar-refractivity contribution < 1.29 is 59.1 Å². The maximum atomic E-state index is 12.5. The van der Waals surface area contributed by atoms with Crippen LogP contribution in [-0.4, -0.2) is 116 Å². The lowest BCUT2D eigenvalue weighted by Gasteiger charge is -2.64. The van der Waals surface area contributed by atoms with E-state index in [-0.39, 0.29) is 34.7 Å². The molecule has 47 heavy (non-hydrogen) atoms. The van der Waals surface area contributed by atoms with Gasteiger partial charge in [-0.2, -0.15) is 0 Å². The number of carbonyl (C=O) groups excluding carboxylic acids is 1. The number of hydrogen-bond donors (Lipinski definition) is 6. The summed E-state index contributed by atoms with van der Waals surface area (Å²) in [7, 11) is 0. The van der Waals surface area contributed by atoms with Crippen molar-refractivity contribution in [3.05, 3.63) is 11.6 Å². The zero-order valence-electron chi connectivity index (χ0n) is 27.9. The molecule has 266 valence electrons.